The molecule has 20 heavy (non-hydrogen) atoms. The average Bonchev–Trinajstić information content (AvgIpc) is 2.55. The number of hydrogen-bond donors (Lipinski definition) is 1. The lowest BCUT2D eigenvalue weighted by atomic mass is 10.3. The highest BCUT2D eigenvalue weighted by atomic mass is 16.5. The van der Waals surface area contributed by atoms with Gasteiger partial charge in [-0.15, -0.1) is 0 Å². The van der Waals surface area contributed by atoms with Crippen LogP contribution in [-0.4, -0.2) is 41.3 Å². The lowest BCUT2D eigenvalue weighted by molar-refractivity contribution is 0.122. The van der Waals surface area contributed by atoms with Crippen LogP contribution in [0.3, 0.4) is 0 Å². The molecule has 3 rings (SSSR count). The van der Waals surface area contributed by atoms with Crippen molar-refractivity contribution in [1.82, 2.24) is 15.0 Å². The minimum absolute atomic E-state index is 0.618. The fourth-order valence-corrected chi connectivity index (χ4v) is 2.08. The van der Waals surface area contributed by atoms with Crippen LogP contribution in [0.15, 0.2) is 36.7 Å². The summed E-state index contributed by atoms with van der Waals surface area (Å²) in [5, 5.41) is 3.20. The molecule has 2 aromatic rings. The Labute approximate surface area is 117 Å². The molecular formula is C14H17N5O. The van der Waals surface area contributed by atoms with Gasteiger partial charge in [-0.1, -0.05) is 6.07 Å². The van der Waals surface area contributed by atoms with Gasteiger partial charge in [-0.25, -0.2) is 4.98 Å². The van der Waals surface area contributed by atoms with E-state index in [0.29, 0.717) is 12.5 Å². The van der Waals surface area contributed by atoms with E-state index in [2.05, 4.69) is 25.2 Å². The van der Waals surface area contributed by atoms with Crippen LogP contribution in [0, 0.1) is 0 Å². The first-order valence-electron chi connectivity index (χ1n) is 6.71. The minimum atomic E-state index is 0.618. The van der Waals surface area contributed by atoms with Crippen LogP contribution in [0.5, 0.6) is 0 Å². The number of pyridine rings is 1. The van der Waals surface area contributed by atoms with Crippen molar-refractivity contribution in [3.63, 3.8) is 0 Å². The van der Waals surface area contributed by atoms with Crippen LogP contribution < -0.4 is 10.2 Å². The summed E-state index contributed by atoms with van der Waals surface area (Å²) in [7, 11) is 0. The first kappa shape index (κ1) is 12.8. The van der Waals surface area contributed by atoms with E-state index in [9.17, 15) is 0 Å². The monoisotopic (exact) mass is 271 g/mol. The van der Waals surface area contributed by atoms with Gasteiger partial charge in [-0.3, -0.25) is 4.98 Å². The highest BCUT2D eigenvalue weighted by Crippen LogP contribution is 2.13. The Morgan fingerprint density at radius 1 is 1.10 bits per heavy atom. The third-order valence-electron chi connectivity index (χ3n) is 3.13. The van der Waals surface area contributed by atoms with E-state index in [1.165, 1.54) is 0 Å². The zero-order chi connectivity index (χ0) is 13.6. The van der Waals surface area contributed by atoms with Gasteiger partial charge in [0.1, 0.15) is 5.82 Å². The van der Waals surface area contributed by atoms with E-state index >= 15 is 0 Å². The Kier molecular flexibility index (Phi) is 4.03. The van der Waals surface area contributed by atoms with Gasteiger partial charge in [0.2, 0.25) is 5.95 Å². The first-order valence-corrected chi connectivity index (χ1v) is 6.71. The third kappa shape index (κ3) is 3.21. The molecule has 0 aromatic carbocycles. The molecule has 0 radical (unpaired) electrons. The summed E-state index contributed by atoms with van der Waals surface area (Å²) in [6, 6.07) is 7.77. The van der Waals surface area contributed by atoms with Gasteiger partial charge in [-0.2, -0.15) is 4.98 Å². The topological polar surface area (TPSA) is 63.2 Å². The van der Waals surface area contributed by atoms with Crippen LogP contribution >= 0.6 is 0 Å². The lowest BCUT2D eigenvalue weighted by Crippen LogP contribution is -2.36. The Morgan fingerprint density at radius 3 is 2.80 bits per heavy atom. The van der Waals surface area contributed by atoms with Crippen molar-refractivity contribution in [2.45, 2.75) is 6.54 Å². The quantitative estimate of drug-likeness (QED) is 0.905. The molecule has 0 saturated carbocycles. The van der Waals surface area contributed by atoms with Crippen molar-refractivity contribution in [2.24, 2.45) is 0 Å². The van der Waals surface area contributed by atoms with Crippen molar-refractivity contribution in [3.8, 4) is 0 Å². The number of rotatable bonds is 4. The summed E-state index contributed by atoms with van der Waals surface area (Å²) in [6.45, 7) is 3.86. The zero-order valence-corrected chi connectivity index (χ0v) is 11.2. The lowest BCUT2D eigenvalue weighted by Gasteiger charge is -2.27. The fraction of sp³-hybridized carbons (Fsp3) is 0.357. The van der Waals surface area contributed by atoms with E-state index in [0.717, 1.165) is 37.8 Å². The van der Waals surface area contributed by atoms with E-state index in [-0.39, 0.29) is 0 Å². The minimum Gasteiger partial charge on any atom is -0.378 e. The summed E-state index contributed by atoms with van der Waals surface area (Å²) in [5.74, 6) is 1.56. The van der Waals surface area contributed by atoms with Gasteiger partial charge < -0.3 is 15.0 Å². The van der Waals surface area contributed by atoms with Gasteiger partial charge in [0.15, 0.2) is 0 Å². The standard InChI is InChI=1S/C14H17N5O/c1-2-5-15-12(3-1)11-17-14-16-6-4-13(18-14)19-7-9-20-10-8-19/h1-6H,7-11H2,(H,16,17,18). The van der Waals surface area contributed by atoms with E-state index < -0.39 is 0 Å². The fourth-order valence-electron chi connectivity index (χ4n) is 2.08. The number of morpholine rings is 1. The summed E-state index contributed by atoms with van der Waals surface area (Å²) in [5.41, 5.74) is 0.966. The highest BCUT2D eigenvalue weighted by Gasteiger charge is 2.12. The molecule has 1 saturated heterocycles. The molecule has 0 atom stereocenters. The van der Waals surface area contributed by atoms with Crippen LogP contribution in [0.2, 0.25) is 0 Å². The van der Waals surface area contributed by atoms with Crippen molar-refractivity contribution in [2.75, 3.05) is 36.5 Å². The van der Waals surface area contributed by atoms with Gasteiger partial charge in [-0.05, 0) is 18.2 Å². The highest BCUT2D eigenvalue weighted by molar-refractivity contribution is 5.42. The molecule has 1 fully saturated rings. The largest absolute Gasteiger partial charge is 0.378 e. The first-order chi connectivity index (χ1) is 9.92. The molecule has 3 heterocycles. The molecule has 104 valence electrons. The van der Waals surface area contributed by atoms with E-state index in [4.69, 9.17) is 4.74 Å². The molecule has 0 amide bonds. The van der Waals surface area contributed by atoms with Crippen molar-refractivity contribution >= 4 is 11.8 Å². The molecule has 0 spiro atoms. The maximum absolute atomic E-state index is 5.35. The molecule has 6 nitrogen and oxygen atoms in total. The Balaban J connectivity index is 1.65. The number of aromatic nitrogens is 3. The predicted octanol–water partition coefficient (Wildman–Crippen LogP) is 1.32. The summed E-state index contributed by atoms with van der Waals surface area (Å²) in [4.78, 5) is 15.2. The van der Waals surface area contributed by atoms with Gasteiger partial charge in [0.05, 0.1) is 25.5 Å². The van der Waals surface area contributed by atoms with Crippen LogP contribution in [0.4, 0.5) is 11.8 Å². The molecule has 1 aliphatic heterocycles. The zero-order valence-electron chi connectivity index (χ0n) is 11.2. The Morgan fingerprint density at radius 2 is 2.00 bits per heavy atom. The maximum Gasteiger partial charge on any atom is 0.224 e. The SMILES string of the molecule is c1ccc(CNc2nccc(N3CCOCC3)n2)nc1. The number of hydrogen-bond acceptors (Lipinski definition) is 6. The third-order valence-corrected chi connectivity index (χ3v) is 3.13. The van der Waals surface area contributed by atoms with Crippen LogP contribution in [0.1, 0.15) is 5.69 Å². The molecule has 1 aliphatic rings. The van der Waals surface area contributed by atoms with Crippen molar-refractivity contribution in [1.29, 1.82) is 0 Å². The predicted molar refractivity (Wildman–Crippen MR) is 76.6 cm³/mol. The van der Waals surface area contributed by atoms with Crippen LogP contribution in [-0.2, 0) is 11.3 Å². The van der Waals surface area contributed by atoms with Gasteiger partial charge in [0, 0.05) is 25.5 Å². The normalized spacial score (nSPS) is 15.1. The Bertz CT molecular complexity index is 542. The Hall–Kier alpha value is -2.21. The summed E-state index contributed by atoms with van der Waals surface area (Å²) in [6.07, 6.45) is 3.56. The number of nitrogens with zero attached hydrogens (tertiary/aromatic N) is 4. The molecule has 0 bridgehead atoms. The number of nitrogens with one attached hydrogen (secondary N) is 1. The number of anilines is 2. The molecule has 0 unspecified atom stereocenters. The second-order valence-electron chi connectivity index (χ2n) is 4.51. The maximum atomic E-state index is 5.35. The van der Waals surface area contributed by atoms with Crippen LogP contribution in [0.25, 0.3) is 0 Å². The molecule has 0 aliphatic carbocycles. The number of ether oxygens (including phenoxy) is 1. The van der Waals surface area contributed by atoms with Crippen molar-refractivity contribution in [3.05, 3.63) is 42.4 Å². The second-order valence-corrected chi connectivity index (χ2v) is 4.51. The molecule has 2 aromatic heterocycles. The summed E-state index contributed by atoms with van der Waals surface area (Å²) < 4.78 is 5.35. The molecular weight excluding hydrogens is 254 g/mol. The molecule has 1 N–H and O–H groups in total. The van der Waals surface area contributed by atoms with E-state index in [1.54, 1.807) is 12.4 Å². The molecule has 6 heteroatoms. The van der Waals surface area contributed by atoms with Gasteiger partial charge in [0.25, 0.3) is 0 Å². The second kappa shape index (κ2) is 6.29. The smallest absolute Gasteiger partial charge is 0.224 e. The van der Waals surface area contributed by atoms with Crippen molar-refractivity contribution < 1.29 is 4.74 Å². The average molecular weight is 271 g/mol. The summed E-state index contributed by atoms with van der Waals surface area (Å²) >= 11 is 0. The van der Waals surface area contributed by atoms with E-state index in [1.807, 2.05) is 24.3 Å². The van der Waals surface area contributed by atoms with Gasteiger partial charge >= 0.3 is 0 Å².